The number of guanidine groups is 1. The number of hydrogen-bond donors (Lipinski definition) is 2. The molecule has 1 aromatic rings. The van der Waals surface area contributed by atoms with Gasteiger partial charge in [-0.05, 0) is 31.2 Å². The minimum atomic E-state index is -4.17. The normalized spacial score (nSPS) is 16.5. The molecule has 0 radical (unpaired) electrons. The first-order chi connectivity index (χ1) is 12.9. The van der Waals surface area contributed by atoms with Crippen molar-refractivity contribution in [3.05, 3.63) is 23.9 Å². The number of anilines is 1. The van der Waals surface area contributed by atoms with Crippen LogP contribution in [0.25, 0.3) is 0 Å². The Bertz CT molecular complexity index is 597. The summed E-state index contributed by atoms with van der Waals surface area (Å²) in [7, 11) is 0. The third kappa shape index (κ3) is 7.62. The summed E-state index contributed by atoms with van der Waals surface area (Å²) < 4.78 is 36.9. The van der Waals surface area contributed by atoms with Crippen LogP contribution in [-0.4, -0.2) is 67.8 Å². The lowest BCUT2D eigenvalue weighted by Crippen LogP contribution is -2.46. The topological polar surface area (TPSA) is 55.8 Å². The second kappa shape index (κ2) is 10.3. The molecule has 152 valence electrons. The fourth-order valence-electron chi connectivity index (χ4n) is 2.86. The molecule has 1 fully saturated rings. The Kier molecular flexibility index (Phi) is 8.15. The quantitative estimate of drug-likeness (QED) is 0.556. The SMILES string of the molecule is CCNC(=NCc1ccnc(N2CCN(CC)CC2)c1)NCCC(F)(F)F. The number of nitrogens with one attached hydrogen (secondary N) is 2. The Balaban J connectivity index is 1.93. The number of hydrogen-bond acceptors (Lipinski definition) is 4. The maximum Gasteiger partial charge on any atom is 0.390 e. The summed E-state index contributed by atoms with van der Waals surface area (Å²) in [5, 5.41) is 5.69. The summed E-state index contributed by atoms with van der Waals surface area (Å²) in [6.07, 6.45) is -3.30. The summed E-state index contributed by atoms with van der Waals surface area (Å²) in [6, 6.07) is 3.89. The fraction of sp³-hybridized carbons (Fsp3) is 0.667. The predicted molar refractivity (Wildman–Crippen MR) is 102 cm³/mol. The van der Waals surface area contributed by atoms with Gasteiger partial charge in [-0.3, -0.25) is 0 Å². The lowest BCUT2D eigenvalue weighted by atomic mass is 10.2. The lowest BCUT2D eigenvalue weighted by Gasteiger charge is -2.34. The molecule has 0 unspecified atom stereocenters. The molecule has 0 amide bonds. The highest BCUT2D eigenvalue weighted by atomic mass is 19.4. The van der Waals surface area contributed by atoms with Crippen LogP contribution in [0.2, 0.25) is 0 Å². The van der Waals surface area contributed by atoms with Crippen LogP contribution in [0.15, 0.2) is 23.3 Å². The van der Waals surface area contributed by atoms with Crippen LogP contribution in [0.5, 0.6) is 0 Å². The number of likely N-dealkylation sites (N-methyl/N-ethyl adjacent to an activating group) is 1. The monoisotopic (exact) mass is 386 g/mol. The van der Waals surface area contributed by atoms with Crippen molar-refractivity contribution in [3.8, 4) is 0 Å². The number of alkyl halides is 3. The highest BCUT2D eigenvalue weighted by molar-refractivity contribution is 5.79. The Morgan fingerprint density at radius 3 is 2.56 bits per heavy atom. The van der Waals surface area contributed by atoms with Gasteiger partial charge in [-0.25, -0.2) is 9.98 Å². The number of piperazine rings is 1. The minimum absolute atomic E-state index is 0.196. The average Bonchev–Trinajstić information content (AvgIpc) is 2.65. The summed E-state index contributed by atoms with van der Waals surface area (Å²) in [6.45, 7) is 9.79. The Morgan fingerprint density at radius 2 is 1.93 bits per heavy atom. The highest BCUT2D eigenvalue weighted by Crippen LogP contribution is 2.18. The number of nitrogens with zero attached hydrogens (tertiary/aromatic N) is 4. The van der Waals surface area contributed by atoms with Gasteiger partial charge in [-0.1, -0.05) is 6.92 Å². The van der Waals surface area contributed by atoms with Crippen LogP contribution < -0.4 is 15.5 Å². The summed E-state index contributed by atoms with van der Waals surface area (Å²) in [5.74, 6) is 1.31. The van der Waals surface area contributed by atoms with E-state index in [0.29, 0.717) is 19.0 Å². The molecule has 2 rings (SSSR count). The zero-order chi connectivity index (χ0) is 19.7. The Morgan fingerprint density at radius 1 is 1.19 bits per heavy atom. The van der Waals surface area contributed by atoms with Gasteiger partial charge in [0.2, 0.25) is 0 Å². The zero-order valence-corrected chi connectivity index (χ0v) is 16.0. The maximum absolute atomic E-state index is 12.3. The summed E-state index contributed by atoms with van der Waals surface area (Å²) >= 11 is 0. The Hall–Kier alpha value is -2.03. The van der Waals surface area contributed by atoms with E-state index in [1.165, 1.54) is 0 Å². The van der Waals surface area contributed by atoms with E-state index in [4.69, 9.17) is 0 Å². The van der Waals surface area contributed by atoms with Crippen molar-refractivity contribution in [1.82, 2.24) is 20.5 Å². The number of rotatable bonds is 7. The molecule has 0 atom stereocenters. The van der Waals surface area contributed by atoms with Crippen molar-refractivity contribution in [2.45, 2.75) is 33.0 Å². The van der Waals surface area contributed by atoms with E-state index in [9.17, 15) is 13.2 Å². The van der Waals surface area contributed by atoms with Gasteiger partial charge in [0.1, 0.15) is 5.82 Å². The van der Waals surface area contributed by atoms with Crippen LogP contribution in [0.1, 0.15) is 25.8 Å². The molecule has 2 heterocycles. The molecule has 0 saturated carbocycles. The molecule has 0 aromatic carbocycles. The van der Waals surface area contributed by atoms with Gasteiger partial charge in [0.15, 0.2) is 5.96 Å². The van der Waals surface area contributed by atoms with E-state index in [0.717, 1.165) is 44.1 Å². The van der Waals surface area contributed by atoms with Crippen LogP contribution in [0, 0.1) is 0 Å². The van der Waals surface area contributed by atoms with Gasteiger partial charge in [-0.15, -0.1) is 0 Å². The molecule has 1 aliphatic rings. The molecule has 0 aliphatic carbocycles. The molecule has 1 aromatic heterocycles. The molecule has 9 heteroatoms. The van der Waals surface area contributed by atoms with Crippen LogP contribution in [0.4, 0.5) is 19.0 Å². The van der Waals surface area contributed by atoms with Crippen molar-refractivity contribution >= 4 is 11.8 Å². The molecular weight excluding hydrogens is 357 g/mol. The van der Waals surface area contributed by atoms with Crippen molar-refractivity contribution < 1.29 is 13.2 Å². The lowest BCUT2D eigenvalue weighted by molar-refractivity contribution is -0.132. The first kappa shape index (κ1) is 21.3. The van der Waals surface area contributed by atoms with E-state index in [-0.39, 0.29) is 6.54 Å². The van der Waals surface area contributed by atoms with Gasteiger partial charge >= 0.3 is 6.18 Å². The number of halogens is 3. The van der Waals surface area contributed by atoms with Crippen molar-refractivity contribution in [1.29, 1.82) is 0 Å². The number of aliphatic imine (C=N–C) groups is 1. The molecule has 2 N–H and O–H groups in total. The third-order valence-electron chi connectivity index (χ3n) is 4.42. The zero-order valence-electron chi connectivity index (χ0n) is 16.0. The van der Waals surface area contributed by atoms with E-state index < -0.39 is 12.6 Å². The first-order valence-corrected chi connectivity index (χ1v) is 9.42. The molecule has 27 heavy (non-hydrogen) atoms. The summed E-state index contributed by atoms with van der Waals surface area (Å²) in [5.41, 5.74) is 0.978. The van der Waals surface area contributed by atoms with Gasteiger partial charge in [-0.2, -0.15) is 13.2 Å². The minimum Gasteiger partial charge on any atom is -0.357 e. The molecular formula is C18H29F3N6. The van der Waals surface area contributed by atoms with Gasteiger partial charge in [0.05, 0.1) is 13.0 Å². The fourth-order valence-corrected chi connectivity index (χ4v) is 2.86. The van der Waals surface area contributed by atoms with Gasteiger partial charge in [0.25, 0.3) is 0 Å². The van der Waals surface area contributed by atoms with E-state index in [2.05, 4.69) is 37.3 Å². The van der Waals surface area contributed by atoms with Crippen LogP contribution in [-0.2, 0) is 6.54 Å². The third-order valence-corrected chi connectivity index (χ3v) is 4.42. The molecule has 1 aliphatic heterocycles. The second-order valence-electron chi connectivity index (χ2n) is 6.43. The van der Waals surface area contributed by atoms with Gasteiger partial charge < -0.3 is 20.4 Å². The molecule has 0 bridgehead atoms. The summed E-state index contributed by atoms with van der Waals surface area (Å²) in [4.78, 5) is 13.5. The van der Waals surface area contributed by atoms with Gasteiger partial charge in [0, 0.05) is 45.5 Å². The van der Waals surface area contributed by atoms with Crippen LogP contribution >= 0.6 is 0 Å². The van der Waals surface area contributed by atoms with E-state index in [1.807, 2.05) is 19.1 Å². The van der Waals surface area contributed by atoms with Crippen LogP contribution in [0.3, 0.4) is 0 Å². The van der Waals surface area contributed by atoms with Crippen molar-refractivity contribution in [3.63, 3.8) is 0 Å². The average molecular weight is 386 g/mol. The predicted octanol–water partition coefficient (Wildman–Crippen LogP) is 2.23. The smallest absolute Gasteiger partial charge is 0.357 e. The number of pyridine rings is 1. The second-order valence-corrected chi connectivity index (χ2v) is 6.43. The maximum atomic E-state index is 12.3. The first-order valence-electron chi connectivity index (χ1n) is 9.42. The Labute approximate surface area is 158 Å². The molecule has 6 nitrogen and oxygen atoms in total. The molecule has 0 spiro atoms. The highest BCUT2D eigenvalue weighted by Gasteiger charge is 2.26. The largest absolute Gasteiger partial charge is 0.390 e. The van der Waals surface area contributed by atoms with Crippen molar-refractivity contribution in [2.75, 3.05) is 50.7 Å². The van der Waals surface area contributed by atoms with E-state index in [1.54, 1.807) is 6.20 Å². The van der Waals surface area contributed by atoms with E-state index >= 15 is 0 Å². The molecule has 1 saturated heterocycles. The standard InChI is InChI=1S/C18H29F3N6/c1-3-22-17(24-8-6-18(19,20)21)25-14-15-5-7-23-16(13-15)27-11-9-26(4-2)10-12-27/h5,7,13H,3-4,6,8-12,14H2,1-2H3,(H2,22,24,25). The van der Waals surface area contributed by atoms with Crippen molar-refractivity contribution in [2.24, 2.45) is 4.99 Å². The number of aromatic nitrogens is 1.